The van der Waals surface area contributed by atoms with Crippen LogP contribution in [0, 0.1) is 0 Å². The molecule has 0 atom stereocenters. The Bertz CT molecular complexity index is 486. The fourth-order valence-electron chi connectivity index (χ4n) is 1.46. The zero-order valence-electron chi connectivity index (χ0n) is 7.61. The number of carbonyl (C=O) groups excluding carboxylic acids is 1. The van der Waals surface area contributed by atoms with Crippen molar-refractivity contribution in [2.24, 2.45) is 0 Å². The molecule has 0 saturated carbocycles. The van der Waals surface area contributed by atoms with Crippen LogP contribution in [0.2, 0.25) is 0 Å². The Morgan fingerprint density at radius 3 is 2.64 bits per heavy atom. The van der Waals surface area contributed by atoms with Crippen molar-refractivity contribution in [3.8, 4) is 0 Å². The fourth-order valence-corrected chi connectivity index (χ4v) is 1.46. The maximum atomic E-state index is 11.4. The van der Waals surface area contributed by atoms with E-state index in [1.807, 2.05) is 0 Å². The lowest BCUT2D eigenvalue weighted by Crippen LogP contribution is -1.94. The van der Waals surface area contributed by atoms with Gasteiger partial charge in [-0.3, -0.25) is 9.59 Å². The van der Waals surface area contributed by atoms with Crippen LogP contribution in [0.4, 0.5) is 0 Å². The molecule has 14 heavy (non-hydrogen) atoms. The molecule has 3 heteroatoms. The molecule has 0 radical (unpaired) electrons. The molecule has 0 N–H and O–H groups in total. The zero-order valence-corrected chi connectivity index (χ0v) is 7.61. The Labute approximate surface area is 80.6 Å². The fraction of sp³-hybridized carbons (Fsp3) is 0.0909. The number of ketones is 1. The molecule has 0 heterocycles. The summed E-state index contributed by atoms with van der Waals surface area (Å²) < 4.78 is 5.01. The van der Waals surface area contributed by atoms with Crippen molar-refractivity contribution in [1.29, 1.82) is 0 Å². The molecule has 2 rings (SSSR count). The predicted octanol–water partition coefficient (Wildman–Crippen LogP) is 1.23. The van der Waals surface area contributed by atoms with Gasteiger partial charge in [0.2, 0.25) is 0 Å². The van der Waals surface area contributed by atoms with Crippen molar-refractivity contribution in [2.45, 2.75) is 0 Å². The van der Waals surface area contributed by atoms with Gasteiger partial charge in [-0.1, -0.05) is 12.1 Å². The SMILES string of the molecule is COC1=CC(=O)c2cccc(=O)cc21. The van der Waals surface area contributed by atoms with Crippen molar-refractivity contribution in [2.75, 3.05) is 7.11 Å². The van der Waals surface area contributed by atoms with Crippen LogP contribution in [0.1, 0.15) is 15.9 Å². The Balaban J connectivity index is 2.75. The van der Waals surface area contributed by atoms with Crippen molar-refractivity contribution in [3.05, 3.63) is 51.7 Å². The van der Waals surface area contributed by atoms with Crippen LogP contribution in [0.3, 0.4) is 0 Å². The van der Waals surface area contributed by atoms with E-state index in [0.29, 0.717) is 16.9 Å². The summed E-state index contributed by atoms with van der Waals surface area (Å²) in [5, 5.41) is 0. The van der Waals surface area contributed by atoms with Crippen molar-refractivity contribution in [1.82, 2.24) is 0 Å². The van der Waals surface area contributed by atoms with E-state index in [1.165, 1.54) is 25.3 Å². The molecular weight excluding hydrogens is 180 g/mol. The van der Waals surface area contributed by atoms with E-state index < -0.39 is 0 Å². The van der Waals surface area contributed by atoms with E-state index >= 15 is 0 Å². The van der Waals surface area contributed by atoms with Crippen LogP contribution in [-0.2, 0) is 4.74 Å². The summed E-state index contributed by atoms with van der Waals surface area (Å²) in [5.41, 5.74) is 0.959. The number of allylic oxidation sites excluding steroid dienone is 1. The highest BCUT2D eigenvalue weighted by Gasteiger charge is 2.20. The molecule has 1 aromatic rings. The van der Waals surface area contributed by atoms with Crippen molar-refractivity contribution in [3.63, 3.8) is 0 Å². The number of hydrogen-bond donors (Lipinski definition) is 0. The number of carbonyl (C=O) groups is 1. The number of ether oxygens (including phenoxy) is 1. The lowest BCUT2D eigenvalue weighted by Gasteiger charge is -1.98. The minimum absolute atomic E-state index is 0.118. The summed E-state index contributed by atoms with van der Waals surface area (Å²) in [7, 11) is 1.48. The lowest BCUT2D eigenvalue weighted by molar-refractivity contribution is 0.104. The third kappa shape index (κ3) is 1.23. The molecule has 0 aliphatic heterocycles. The van der Waals surface area contributed by atoms with Crippen molar-refractivity contribution < 1.29 is 9.53 Å². The number of fused-ring (bicyclic) bond motifs is 1. The molecule has 0 saturated heterocycles. The van der Waals surface area contributed by atoms with Crippen LogP contribution in [0.5, 0.6) is 0 Å². The quantitative estimate of drug-likeness (QED) is 0.665. The van der Waals surface area contributed by atoms with E-state index in [0.717, 1.165) is 0 Å². The maximum absolute atomic E-state index is 11.4. The molecule has 0 unspecified atom stereocenters. The van der Waals surface area contributed by atoms with Crippen LogP contribution in [-0.4, -0.2) is 12.9 Å². The first kappa shape index (κ1) is 8.69. The van der Waals surface area contributed by atoms with Gasteiger partial charge in [0.15, 0.2) is 11.2 Å². The largest absolute Gasteiger partial charge is 0.496 e. The van der Waals surface area contributed by atoms with Gasteiger partial charge >= 0.3 is 0 Å². The summed E-state index contributed by atoms with van der Waals surface area (Å²) >= 11 is 0. The smallest absolute Gasteiger partial charge is 0.190 e. The molecule has 0 bridgehead atoms. The average molecular weight is 188 g/mol. The van der Waals surface area contributed by atoms with Gasteiger partial charge in [0.05, 0.1) is 7.11 Å². The first-order valence-corrected chi connectivity index (χ1v) is 4.17. The van der Waals surface area contributed by atoms with E-state index in [1.54, 1.807) is 12.1 Å². The molecule has 1 aromatic carbocycles. The van der Waals surface area contributed by atoms with E-state index in [-0.39, 0.29) is 11.2 Å². The van der Waals surface area contributed by atoms with E-state index in [2.05, 4.69) is 0 Å². The Hall–Kier alpha value is -1.90. The molecule has 1 aliphatic rings. The molecule has 3 nitrogen and oxygen atoms in total. The molecule has 0 aromatic heterocycles. The number of hydrogen-bond acceptors (Lipinski definition) is 3. The molecule has 1 aliphatic carbocycles. The minimum Gasteiger partial charge on any atom is -0.496 e. The highest BCUT2D eigenvalue weighted by molar-refractivity contribution is 6.15. The summed E-state index contributed by atoms with van der Waals surface area (Å²) in [6.07, 6.45) is 1.39. The average Bonchev–Trinajstić information content (AvgIpc) is 2.36. The summed E-state index contributed by atoms with van der Waals surface area (Å²) in [6.45, 7) is 0. The van der Waals surface area contributed by atoms with Gasteiger partial charge in [-0.15, -0.1) is 0 Å². The molecule has 0 spiro atoms. The van der Waals surface area contributed by atoms with Gasteiger partial charge in [-0.2, -0.15) is 0 Å². The lowest BCUT2D eigenvalue weighted by atomic mass is 10.2. The van der Waals surface area contributed by atoms with E-state index in [4.69, 9.17) is 4.74 Å². The summed E-state index contributed by atoms with van der Waals surface area (Å²) in [6, 6.07) is 6.03. The van der Waals surface area contributed by atoms with Crippen LogP contribution >= 0.6 is 0 Å². The normalized spacial score (nSPS) is 13.5. The molecular formula is C11H8O3. The van der Waals surface area contributed by atoms with Gasteiger partial charge in [-0.25, -0.2) is 0 Å². The minimum atomic E-state index is -0.135. The van der Waals surface area contributed by atoms with Crippen molar-refractivity contribution >= 4 is 11.5 Å². The van der Waals surface area contributed by atoms with Gasteiger partial charge < -0.3 is 4.74 Å². The summed E-state index contributed by atoms with van der Waals surface area (Å²) in [4.78, 5) is 22.6. The van der Waals surface area contributed by atoms with Gasteiger partial charge in [0, 0.05) is 17.2 Å². The topological polar surface area (TPSA) is 43.4 Å². The Morgan fingerprint density at radius 2 is 1.93 bits per heavy atom. The molecule has 0 amide bonds. The van der Waals surface area contributed by atoms with Gasteiger partial charge in [-0.05, 0) is 12.1 Å². The van der Waals surface area contributed by atoms with Gasteiger partial charge in [0.25, 0.3) is 0 Å². The predicted molar refractivity (Wildman–Crippen MR) is 52.0 cm³/mol. The standard InChI is InChI=1S/C11H8O3/c1-14-11-6-10(13)8-4-2-3-7(12)5-9(8)11/h2-6H,1H3. The molecule has 0 fully saturated rings. The van der Waals surface area contributed by atoms with Crippen LogP contribution in [0.25, 0.3) is 5.76 Å². The monoisotopic (exact) mass is 188 g/mol. The first-order valence-electron chi connectivity index (χ1n) is 4.17. The Morgan fingerprint density at radius 1 is 1.14 bits per heavy atom. The number of rotatable bonds is 1. The van der Waals surface area contributed by atoms with E-state index in [9.17, 15) is 9.59 Å². The zero-order chi connectivity index (χ0) is 10.1. The molecule has 70 valence electrons. The second-order valence-electron chi connectivity index (χ2n) is 2.98. The first-order chi connectivity index (χ1) is 6.72. The summed E-state index contributed by atoms with van der Waals surface area (Å²) in [5.74, 6) is 0.339. The second-order valence-corrected chi connectivity index (χ2v) is 2.98. The highest BCUT2D eigenvalue weighted by Crippen LogP contribution is 2.25. The number of methoxy groups -OCH3 is 1. The third-order valence-corrected chi connectivity index (χ3v) is 2.11. The highest BCUT2D eigenvalue weighted by atomic mass is 16.5. The maximum Gasteiger partial charge on any atom is 0.190 e. The third-order valence-electron chi connectivity index (χ3n) is 2.11. The van der Waals surface area contributed by atoms with Crippen LogP contribution < -0.4 is 5.43 Å². The Kier molecular flexibility index (Phi) is 1.93. The van der Waals surface area contributed by atoms with Crippen LogP contribution in [0.15, 0.2) is 35.1 Å². The van der Waals surface area contributed by atoms with Gasteiger partial charge in [0.1, 0.15) is 5.76 Å². The second kappa shape index (κ2) is 3.10.